The Labute approximate surface area is 174 Å². The van der Waals surface area contributed by atoms with E-state index in [0.29, 0.717) is 25.7 Å². The van der Waals surface area contributed by atoms with Crippen molar-refractivity contribution < 1.29 is 28.4 Å². The SMILES string of the molecule is C.CO[C@H]1CO[C@H]2O[C@]34COC5C[C@@H](C(C)(C)C)C21C53CC1OC[C@@H](C)[C@@]14OC. The minimum Gasteiger partial charge on any atom is -0.378 e. The average molecular weight is 411 g/mol. The summed E-state index contributed by atoms with van der Waals surface area (Å²) in [6.45, 7) is 11.1. The van der Waals surface area contributed by atoms with E-state index in [1.807, 2.05) is 14.2 Å². The fourth-order valence-electron chi connectivity index (χ4n) is 9.15. The highest BCUT2D eigenvalue weighted by atomic mass is 16.7. The number of ether oxygens (including phenoxy) is 6. The molecule has 0 bridgehead atoms. The third-order valence-corrected chi connectivity index (χ3v) is 9.75. The summed E-state index contributed by atoms with van der Waals surface area (Å²) in [6, 6.07) is 0. The van der Waals surface area contributed by atoms with Gasteiger partial charge in [-0.2, -0.15) is 0 Å². The van der Waals surface area contributed by atoms with E-state index in [2.05, 4.69) is 27.7 Å². The first-order valence-corrected chi connectivity index (χ1v) is 10.9. The summed E-state index contributed by atoms with van der Waals surface area (Å²) in [5.74, 6) is 0.627. The zero-order chi connectivity index (χ0) is 19.7. The number of hydrogen-bond acceptors (Lipinski definition) is 6. The van der Waals surface area contributed by atoms with E-state index >= 15 is 0 Å². The lowest BCUT2D eigenvalue weighted by atomic mass is 9.51. The van der Waals surface area contributed by atoms with Gasteiger partial charge < -0.3 is 28.4 Å². The topological polar surface area (TPSA) is 55.4 Å². The van der Waals surface area contributed by atoms with Crippen LogP contribution < -0.4 is 0 Å². The van der Waals surface area contributed by atoms with E-state index in [1.54, 1.807) is 0 Å². The van der Waals surface area contributed by atoms with Gasteiger partial charge in [0.2, 0.25) is 0 Å². The maximum absolute atomic E-state index is 7.04. The first-order chi connectivity index (χ1) is 13.3. The van der Waals surface area contributed by atoms with Gasteiger partial charge in [-0.05, 0) is 24.2 Å². The number of hydrogen-bond donors (Lipinski definition) is 0. The Kier molecular flexibility index (Phi) is 4.10. The third-order valence-electron chi connectivity index (χ3n) is 9.75. The summed E-state index contributed by atoms with van der Waals surface area (Å²) in [5, 5.41) is 0. The molecule has 2 aliphatic carbocycles. The zero-order valence-corrected chi connectivity index (χ0v) is 17.9. The minimum atomic E-state index is -0.540. The maximum Gasteiger partial charge on any atom is 0.167 e. The molecule has 4 unspecified atom stereocenters. The van der Waals surface area contributed by atoms with Crippen LogP contribution in [0.3, 0.4) is 0 Å². The van der Waals surface area contributed by atoms with Crippen molar-refractivity contribution in [3.8, 4) is 0 Å². The molecule has 6 aliphatic rings. The summed E-state index contributed by atoms with van der Waals surface area (Å²) in [4.78, 5) is 0. The molecule has 0 aromatic heterocycles. The molecule has 0 aromatic carbocycles. The second kappa shape index (κ2) is 5.76. The monoisotopic (exact) mass is 410 g/mol. The molecule has 4 aliphatic heterocycles. The van der Waals surface area contributed by atoms with Crippen molar-refractivity contribution in [3.63, 3.8) is 0 Å². The second-order valence-corrected chi connectivity index (χ2v) is 11.1. The fourth-order valence-corrected chi connectivity index (χ4v) is 9.15. The zero-order valence-electron chi connectivity index (χ0n) is 17.9. The predicted octanol–water partition coefficient (Wildman–Crippen LogP) is 3.02. The van der Waals surface area contributed by atoms with Crippen molar-refractivity contribution >= 4 is 0 Å². The minimum absolute atomic E-state index is 0. The Morgan fingerprint density at radius 1 is 1.00 bits per heavy atom. The molecule has 0 amide bonds. The summed E-state index contributed by atoms with van der Waals surface area (Å²) < 4.78 is 38.9. The molecule has 2 saturated carbocycles. The first kappa shape index (κ1) is 20.7. The Morgan fingerprint density at radius 3 is 2.41 bits per heavy atom. The van der Waals surface area contributed by atoms with Crippen molar-refractivity contribution in [1.29, 1.82) is 0 Å². The quantitative estimate of drug-likeness (QED) is 0.698. The number of fused-ring (bicyclic) bond motifs is 1. The highest BCUT2D eigenvalue weighted by Crippen LogP contribution is 2.84. The van der Waals surface area contributed by atoms with E-state index in [-0.39, 0.29) is 54.2 Å². The van der Waals surface area contributed by atoms with E-state index in [9.17, 15) is 0 Å². The lowest BCUT2D eigenvalue weighted by molar-refractivity contribution is -0.252. The number of methoxy groups -OCH3 is 2. The molecule has 0 radical (unpaired) electrons. The van der Waals surface area contributed by atoms with Crippen LogP contribution in [0.15, 0.2) is 0 Å². The molecule has 0 N–H and O–H groups in total. The van der Waals surface area contributed by atoms with Gasteiger partial charge in [0, 0.05) is 25.6 Å². The van der Waals surface area contributed by atoms with Gasteiger partial charge in [-0.25, -0.2) is 0 Å². The molecule has 4 saturated heterocycles. The van der Waals surface area contributed by atoms with Crippen molar-refractivity contribution in [3.05, 3.63) is 0 Å². The van der Waals surface area contributed by atoms with Gasteiger partial charge in [0.05, 0.1) is 43.5 Å². The van der Waals surface area contributed by atoms with Crippen molar-refractivity contribution in [2.45, 2.75) is 83.8 Å². The first-order valence-electron chi connectivity index (χ1n) is 10.9. The van der Waals surface area contributed by atoms with Crippen LogP contribution in [0.4, 0.5) is 0 Å². The standard InChI is InChI=1S/C22H34O6.CH4/c1-12-9-25-15-8-19-14-7-13(18(2,3)4)21(19)16(23-5)10-26-17(21)28-20(19,11-27-14)22(12,15)24-6;/h12-17H,7-11H2,1-6H3;1H4/t12-,13+,14?,15?,16+,17+,19?,20-,21?,22-;/m1./s1. The van der Waals surface area contributed by atoms with Gasteiger partial charge >= 0.3 is 0 Å². The molecular weight excluding hydrogens is 372 g/mol. The van der Waals surface area contributed by atoms with Crippen LogP contribution in [0.5, 0.6) is 0 Å². The van der Waals surface area contributed by atoms with Gasteiger partial charge in [-0.3, -0.25) is 0 Å². The molecule has 10 atom stereocenters. The lowest BCUT2D eigenvalue weighted by Gasteiger charge is -2.50. The molecule has 6 nitrogen and oxygen atoms in total. The van der Waals surface area contributed by atoms with Gasteiger partial charge in [0.15, 0.2) is 6.29 Å². The summed E-state index contributed by atoms with van der Waals surface area (Å²) in [6.07, 6.45) is 1.83. The van der Waals surface area contributed by atoms with Crippen molar-refractivity contribution in [2.75, 3.05) is 34.0 Å². The molecule has 0 aromatic rings. The van der Waals surface area contributed by atoms with Crippen LogP contribution in [-0.4, -0.2) is 69.8 Å². The Bertz CT molecular complexity index is 706. The molecule has 6 rings (SSSR count). The van der Waals surface area contributed by atoms with Crippen LogP contribution >= 0.6 is 0 Å². The fraction of sp³-hybridized carbons (Fsp3) is 1.00. The maximum atomic E-state index is 7.04. The third kappa shape index (κ3) is 1.71. The van der Waals surface area contributed by atoms with E-state index in [4.69, 9.17) is 28.4 Å². The van der Waals surface area contributed by atoms with Crippen LogP contribution in [0.2, 0.25) is 0 Å². The van der Waals surface area contributed by atoms with Crippen LogP contribution in [0.25, 0.3) is 0 Å². The van der Waals surface area contributed by atoms with Gasteiger partial charge in [0.1, 0.15) is 11.2 Å². The molecule has 29 heavy (non-hydrogen) atoms. The van der Waals surface area contributed by atoms with E-state index < -0.39 is 11.2 Å². The Morgan fingerprint density at radius 2 is 1.76 bits per heavy atom. The second-order valence-electron chi connectivity index (χ2n) is 11.1. The normalized spacial score (nSPS) is 59.4. The number of rotatable bonds is 2. The molecule has 6 fully saturated rings. The van der Waals surface area contributed by atoms with Gasteiger partial charge in [0.25, 0.3) is 0 Å². The largest absolute Gasteiger partial charge is 0.378 e. The van der Waals surface area contributed by atoms with Gasteiger partial charge in [-0.1, -0.05) is 35.1 Å². The van der Waals surface area contributed by atoms with Crippen LogP contribution in [0, 0.1) is 28.1 Å². The van der Waals surface area contributed by atoms with Gasteiger partial charge in [-0.15, -0.1) is 0 Å². The Hall–Kier alpha value is -0.240. The lowest BCUT2D eigenvalue weighted by Crippen LogP contribution is -2.65. The Balaban J connectivity index is 0.00000181. The molecule has 4 heterocycles. The smallest absolute Gasteiger partial charge is 0.167 e. The van der Waals surface area contributed by atoms with E-state index in [1.165, 1.54) is 0 Å². The highest BCUT2D eigenvalue weighted by molar-refractivity contribution is 5.41. The molecule has 2 spiro atoms. The average Bonchev–Trinajstić information content (AvgIpc) is 3.37. The summed E-state index contributed by atoms with van der Waals surface area (Å²) in [7, 11) is 3.65. The van der Waals surface area contributed by atoms with E-state index in [0.717, 1.165) is 12.8 Å². The molecular formula is C23H38O6. The molecule has 166 valence electrons. The predicted molar refractivity (Wildman–Crippen MR) is 107 cm³/mol. The van der Waals surface area contributed by atoms with Crippen molar-refractivity contribution in [1.82, 2.24) is 0 Å². The van der Waals surface area contributed by atoms with Crippen LogP contribution in [0.1, 0.15) is 48.0 Å². The van der Waals surface area contributed by atoms with Crippen molar-refractivity contribution in [2.24, 2.45) is 28.1 Å². The van der Waals surface area contributed by atoms with Crippen LogP contribution in [-0.2, 0) is 28.4 Å². The molecule has 6 heteroatoms. The highest BCUT2D eigenvalue weighted by Gasteiger charge is 2.96. The summed E-state index contributed by atoms with van der Waals surface area (Å²) >= 11 is 0. The summed E-state index contributed by atoms with van der Waals surface area (Å²) in [5.41, 5.74) is -1.38.